The van der Waals surface area contributed by atoms with Crippen molar-refractivity contribution in [3.63, 3.8) is 0 Å². The summed E-state index contributed by atoms with van der Waals surface area (Å²) in [7, 11) is 0. The summed E-state index contributed by atoms with van der Waals surface area (Å²) in [6.45, 7) is 6.52. The third-order valence-electron chi connectivity index (χ3n) is 7.13. The normalized spacial score (nSPS) is 15.6. The zero-order valence-corrected chi connectivity index (χ0v) is 23.0. The fraction of sp³-hybridized carbons (Fsp3) is 0.333. The summed E-state index contributed by atoms with van der Waals surface area (Å²) in [6, 6.07) is 21.4. The second-order valence-electron chi connectivity index (χ2n) is 9.67. The lowest BCUT2D eigenvalue weighted by atomic mass is 9.98. The minimum absolute atomic E-state index is 0.127. The van der Waals surface area contributed by atoms with E-state index < -0.39 is 0 Å². The molecule has 2 amide bonds. The van der Waals surface area contributed by atoms with Gasteiger partial charge in [-0.2, -0.15) is 0 Å². The summed E-state index contributed by atoms with van der Waals surface area (Å²) >= 11 is 3.45. The number of hydrogen-bond donors (Lipinski definition) is 2. The van der Waals surface area contributed by atoms with Gasteiger partial charge in [0.05, 0.1) is 24.3 Å². The van der Waals surface area contributed by atoms with Gasteiger partial charge in [-0.15, -0.1) is 0 Å². The first-order valence-corrected chi connectivity index (χ1v) is 14.0. The molecule has 0 aromatic heterocycles. The van der Waals surface area contributed by atoms with E-state index in [9.17, 15) is 9.59 Å². The van der Waals surface area contributed by atoms with E-state index in [1.807, 2.05) is 30.3 Å². The monoisotopic (exact) mass is 576 g/mol. The van der Waals surface area contributed by atoms with Crippen LogP contribution in [0.5, 0.6) is 0 Å². The van der Waals surface area contributed by atoms with Gasteiger partial charge in [-0.05, 0) is 76.8 Å². The van der Waals surface area contributed by atoms with Crippen LogP contribution in [0.25, 0.3) is 0 Å². The smallest absolute Gasteiger partial charge is 0.256 e. The minimum Gasteiger partial charge on any atom is -0.379 e. The fourth-order valence-corrected chi connectivity index (χ4v) is 5.51. The zero-order valence-electron chi connectivity index (χ0n) is 21.4. The molecule has 3 aromatic rings. The number of carbonyl (C=O) groups is 2. The Kier molecular flexibility index (Phi) is 8.73. The second kappa shape index (κ2) is 12.6. The van der Waals surface area contributed by atoms with Crippen LogP contribution in [0.4, 0.5) is 11.4 Å². The second-order valence-corrected chi connectivity index (χ2v) is 10.5. The lowest BCUT2D eigenvalue weighted by Gasteiger charge is -2.32. The van der Waals surface area contributed by atoms with Crippen molar-refractivity contribution >= 4 is 39.1 Å². The molecule has 0 atom stereocenters. The summed E-state index contributed by atoms with van der Waals surface area (Å²) < 4.78 is 6.14. The van der Waals surface area contributed by atoms with E-state index in [1.165, 1.54) is 11.1 Å². The predicted molar refractivity (Wildman–Crippen MR) is 154 cm³/mol. The third-order valence-corrected chi connectivity index (χ3v) is 7.82. The van der Waals surface area contributed by atoms with E-state index in [2.05, 4.69) is 60.6 Å². The van der Waals surface area contributed by atoms with Crippen molar-refractivity contribution in [1.82, 2.24) is 10.2 Å². The van der Waals surface area contributed by atoms with E-state index in [-0.39, 0.29) is 11.8 Å². The maximum absolute atomic E-state index is 13.5. The largest absolute Gasteiger partial charge is 0.379 e. The van der Waals surface area contributed by atoms with Crippen molar-refractivity contribution in [1.29, 1.82) is 0 Å². The number of nitrogens with one attached hydrogen (secondary N) is 2. The van der Waals surface area contributed by atoms with Gasteiger partial charge in [0.1, 0.15) is 0 Å². The van der Waals surface area contributed by atoms with Crippen molar-refractivity contribution in [3.05, 3.63) is 93.5 Å². The van der Waals surface area contributed by atoms with Crippen molar-refractivity contribution < 1.29 is 14.3 Å². The predicted octanol–water partition coefficient (Wildman–Crippen LogP) is 4.72. The molecule has 198 valence electrons. The number of anilines is 2. The average molecular weight is 578 g/mol. The molecule has 0 unspecified atom stereocenters. The standard InChI is InChI=1S/C30H33BrN4O3/c31-27-9-4-3-8-25(27)30(37)33-24-10-11-28(35-15-12-22-6-1-2-7-23(22)21-35)26(20-24)29(36)32-13-5-14-34-16-18-38-19-17-34/h1-4,6-11,20H,5,12-19,21H2,(H,32,36)(H,33,37). The molecule has 0 radical (unpaired) electrons. The summed E-state index contributed by atoms with van der Waals surface area (Å²) in [5.74, 6) is -0.355. The molecule has 0 spiro atoms. The van der Waals surface area contributed by atoms with Crippen molar-refractivity contribution in [2.75, 3.05) is 56.2 Å². The lowest BCUT2D eigenvalue weighted by Crippen LogP contribution is -2.38. The summed E-state index contributed by atoms with van der Waals surface area (Å²) in [5.41, 5.74) is 5.21. The number of carbonyl (C=O) groups excluding carboxylic acids is 2. The van der Waals surface area contributed by atoms with E-state index in [0.29, 0.717) is 23.4 Å². The molecule has 0 bridgehead atoms. The number of amides is 2. The average Bonchev–Trinajstić information content (AvgIpc) is 2.95. The number of benzene rings is 3. The van der Waals surface area contributed by atoms with Crippen molar-refractivity contribution in [2.24, 2.45) is 0 Å². The molecule has 7 nitrogen and oxygen atoms in total. The highest BCUT2D eigenvalue weighted by Gasteiger charge is 2.22. The van der Waals surface area contributed by atoms with Gasteiger partial charge in [-0.1, -0.05) is 36.4 Å². The van der Waals surface area contributed by atoms with Crippen LogP contribution < -0.4 is 15.5 Å². The quantitative estimate of drug-likeness (QED) is 0.380. The highest BCUT2D eigenvalue weighted by molar-refractivity contribution is 9.10. The number of halogens is 1. The maximum Gasteiger partial charge on any atom is 0.256 e. The Labute approximate surface area is 232 Å². The molecule has 38 heavy (non-hydrogen) atoms. The zero-order chi connectivity index (χ0) is 26.3. The number of rotatable bonds is 8. The minimum atomic E-state index is -0.228. The highest BCUT2D eigenvalue weighted by Crippen LogP contribution is 2.30. The molecule has 0 saturated carbocycles. The molecule has 1 fully saturated rings. The molecule has 1 saturated heterocycles. The SMILES string of the molecule is O=C(Nc1ccc(N2CCc3ccccc3C2)c(C(=O)NCCCN2CCOCC2)c1)c1ccccc1Br. The number of nitrogens with zero attached hydrogens (tertiary/aromatic N) is 2. The molecular weight excluding hydrogens is 544 g/mol. The first-order chi connectivity index (χ1) is 18.6. The Hall–Kier alpha value is -3.20. The molecule has 5 rings (SSSR count). The van der Waals surface area contributed by atoms with Gasteiger partial charge < -0.3 is 20.3 Å². The van der Waals surface area contributed by atoms with Crippen LogP contribution >= 0.6 is 15.9 Å². The number of morpholine rings is 1. The Morgan fingerprint density at radius 3 is 2.45 bits per heavy atom. The molecule has 2 N–H and O–H groups in total. The van der Waals surface area contributed by atoms with Gasteiger partial charge in [0.15, 0.2) is 0 Å². The Bertz CT molecular complexity index is 1290. The molecule has 3 aromatic carbocycles. The Morgan fingerprint density at radius 1 is 0.868 bits per heavy atom. The molecule has 8 heteroatoms. The van der Waals surface area contributed by atoms with Gasteiger partial charge in [-0.25, -0.2) is 0 Å². The van der Waals surface area contributed by atoms with Crippen LogP contribution in [0.2, 0.25) is 0 Å². The van der Waals surface area contributed by atoms with Gasteiger partial charge in [0, 0.05) is 48.6 Å². The van der Waals surface area contributed by atoms with Crippen LogP contribution in [-0.2, 0) is 17.7 Å². The molecule has 0 aliphatic carbocycles. The molecule has 2 aliphatic rings. The summed E-state index contributed by atoms with van der Waals surface area (Å²) in [6.07, 6.45) is 1.80. The molecular formula is C30H33BrN4O3. The topological polar surface area (TPSA) is 73.9 Å². The van der Waals surface area contributed by atoms with Crippen LogP contribution in [0.3, 0.4) is 0 Å². The van der Waals surface area contributed by atoms with Gasteiger partial charge in [0.25, 0.3) is 11.8 Å². The number of fused-ring (bicyclic) bond motifs is 1. The molecule has 2 aliphatic heterocycles. The van der Waals surface area contributed by atoms with Crippen LogP contribution in [0.1, 0.15) is 38.3 Å². The van der Waals surface area contributed by atoms with Gasteiger partial charge in [0.2, 0.25) is 0 Å². The first-order valence-electron chi connectivity index (χ1n) is 13.2. The third kappa shape index (κ3) is 6.43. The van der Waals surface area contributed by atoms with Gasteiger partial charge >= 0.3 is 0 Å². The maximum atomic E-state index is 13.5. The highest BCUT2D eigenvalue weighted by atomic mass is 79.9. The van der Waals surface area contributed by atoms with Crippen LogP contribution in [0.15, 0.2) is 71.2 Å². The fourth-order valence-electron chi connectivity index (χ4n) is 5.04. The number of ether oxygens (including phenoxy) is 1. The van der Waals surface area contributed by atoms with Crippen LogP contribution in [-0.4, -0.2) is 62.7 Å². The van der Waals surface area contributed by atoms with E-state index in [0.717, 1.165) is 68.9 Å². The molecule has 2 heterocycles. The number of hydrogen-bond acceptors (Lipinski definition) is 5. The van der Waals surface area contributed by atoms with Crippen molar-refractivity contribution in [2.45, 2.75) is 19.4 Å². The Morgan fingerprint density at radius 2 is 1.63 bits per heavy atom. The summed E-state index contributed by atoms with van der Waals surface area (Å²) in [4.78, 5) is 31.0. The Balaban J connectivity index is 1.33. The van der Waals surface area contributed by atoms with Crippen molar-refractivity contribution in [3.8, 4) is 0 Å². The van der Waals surface area contributed by atoms with Gasteiger partial charge in [-0.3, -0.25) is 14.5 Å². The summed E-state index contributed by atoms with van der Waals surface area (Å²) in [5, 5.41) is 6.08. The van der Waals surface area contributed by atoms with Crippen LogP contribution in [0, 0.1) is 0 Å². The lowest BCUT2D eigenvalue weighted by molar-refractivity contribution is 0.0374. The van der Waals surface area contributed by atoms with E-state index in [4.69, 9.17) is 4.74 Å². The van der Waals surface area contributed by atoms with E-state index >= 15 is 0 Å². The van der Waals surface area contributed by atoms with E-state index in [1.54, 1.807) is 12.1 Å². The first kappa shape index (κ1) is 26.4.